The predicted octanol–water partition coefficient (Wildman–Crippen LogP) is 11.8. The summed E-state index contributed by atoms with van der Waals surface area (Å²) in [5.74, 6) is -17.2. The summed E-state index contributed by atoms with van der Waals surface area (Å²) in [5, 5.41) is 58.2. The lowest BCUT2D eigenvalue weighted by Crippen LogP contribution is -2.18. The zero-order valence-corrected chi connectivity index (χ0v) is 48.2. The van der Waals surface area contributed by atoms with Crippen molar-refractivity contribution in [1.29, 1.82) is 0 Å². The Hall–Kier alpha value is -9.42. The van der Waals surface area contributed by atoms with Gasteiger partial charge < -0.3 is 64.4 Å². The van der Waals surface area contributed by atoms with E-state index in [1.54, 1.807) is 13.8 Å². The van der Waals surface area contributed by atoms with Crippen molar-refractivity contribution < 1.29 is 136 Å². The maximum atomic E-state index is 14.0. The van der Waals surface area contributed by atoms with Gasteiger partial charge in [-0.1, -0.05) is 46.4 Å². The van der Waals surface area contributed by atoms with E-state index in [-0.39, 0.29) is 86.7 Å². The molecule has 0 aromatic heterocycles. The molecule has 0 bridgehead atoms. The number of alkyl halides is 6. The Kier molecular flexibility index (Phi) is 32.5. The highest BCUT2D eigenvalue weighted by molar-refractivity contribution is 6.33. The normalized spacial score (nSPS) is 11.7. The number of anilines is 2. The first-order valence-corrected chi connectivity index (χ1v) is 24.9. The van der Waals surface area contributed by atoms with E-state index >= 15 is 0 Å². The second-order valence-corrected chi connectivity index (χ2v) is 17.0. The summed E-state index contributed by atoms with van der Waals surface area (Å²) in [7, 11) is 0. The molecule has 486 valence electrons. The van der Waals surface area contributed by atoms with Crippen LogP contribution in [0.2, 0.25) is 20.1 Å². The molecule has 0 aliphatic heterocycles. The third-order valence-corrected chi connectivity index (χ3v) is 9.86. The minimum Gasteiger partial charge on any atom is -0.502 e. The molecule has 4 rings (SSSR count). The van der Waals surface area contributed by atoms with Gasteiger partial charge in [0.05, 0.1) is 57.5 Å². The highest BCUT2D eigenvalue weighted by Gasteiger charge is 2.40. The van der Waals surface area contributed by atoms with E-state index < -0.39 is 126 Å². The van der Waals surface area contributed by atoms with Crippen molar-refractivity contribution >= 4 is 117 Å². The number of aliphatic hydroxyl groups excluding tert-OH is 2. The first-order valence-electron chi connectivity index (χ1n) is 23.4. The number of hydrazone groups is 1. The van der Waals surface area contributed by atoms with Gasteiger partial charge in [0, 0.05) is 31.2 Å². The molecule has 0 aliphatic rings. The molecule has 0 saturated heterocycles. The maximum absolute atomic E-state index is 14.0. The summed E-state index contributed by atoms with van der Waals surface area (Å²) in [6.07, 6.45) is -9.78. The Morgan fingerprint density at radius 2 is 0.888 bits per heavy atom. The number of azo groups is 2. The van der Waals surface area contributed by atoms with Gasteiger partial charge >= 0.3 is 48.2 Å². The molecule has 0 aliphatic carbocycles. The van der Waals surface area contributed by atoms with Crippen LogP contribution in [0.3, 0.4) is 0 Å². The molecule has 0 saturated carbocycles. The van der Waals surface area contributed by atoms with Crippen molar-refractivity contribution in [2.45, 2.75) is 40.0 Å². The van der Waals surface area contributed by atoms with Gasteiger partial charge in [-0.05, 0) is 45.0 Å². The lowest BCUT2D eigenvalue weighted by atomic mass is 10.3. The number of carboxylic acids is 3. The molecule has 8 N–H and O–H groups in total. The number of aliphatic hydroxyl groups is 2. The number of allylic oxidation sites excluding steroid dienone is 2. The standard InChI is InChI=1S/C16H15ClF4N2O6.C12H7ClF4N2O6.C11H10ClFN2O4.C10H11ClFNO3/c1-3-27-12(24)7-29-11-6-10(9(18)5-8(11)17)22-23-13(15(26)28-4-2)14(25)16(19,20)21;13-4-1-5(14)6(2-7(4)25-3-8(20)21)18-19-9(11(23)24)10(22)12(15,16)17;1-6(16)4-14-15-9-3-10(19-5-11(17)18)7(12)2-8(9)13;1-2-15-10(14)5-16-9-4-8(13)7(12)3-6(9)11/h5-6,25H,3-4,7H2,1-2H3;1-2,22H,3H2,(H,20,21)(H,23,24);2-4,15H,5H2,1H3,(H,17,18);3-4H,2,5,13H2,1H3/b;;14-4+;. The number of esters is 3. The van der Waals surface area contributed by atoms with Crippen LogP contribution in [0.5, 0.6) is 23.0 Å². The first-order chi connectivity index (χ1) is 41.4. The largest absolute Gasteiger partial charge is 0.502 e. The van der Waals surface area contributed by atoms with Crippen LogP contribution in [0, 0.1) is 23.3 Å². The summed E-state index contributed by atoms with van der Waals surface area (Å²) < 4.78 is 162. The molecule has 89 heavy (non-hydrogen) atoms. The Labute approximate surface area is 512 Å². The highest BCUT2D eigenvalue weighted by Crippen LogP contribution is 2.36. The van der Waals surface area contributed by atoms with Gasteiger partial charge in [0.25, 0.3) is 0 Å². The van der Waals surface area contributed by atoms with E-state index in [9.17, 15) is 82.6 Å². The smallest absolute Gasteiger partial charge is 0.451 e. The average Bonchev–Trinajstić information content (AvgIpc) is 3.58. The lowest BCUT2D eigenvalue weighted by molar-refractivity contribution is -0.146. The van der Waals surface area contributed by atoms with Crippen LogP contribution in [0.1, 0.15) is 27.7 Å². The zero-order valence-electron chi connectivity index (χ0n) is 45.2. The Balaban J connectivity index is 0.000000607. The molecule has 0 radical (unpaired) electrons. The average molecular weight is 1370 g/mol. The van der Waals surface area contributed by atoms with Crippen LogP contribution in [-0.2, 0) is 47.8 Å². The van der Waals surface area contributed by atoms with Crippen LogP contribution in [0.15, 0.2) is 97.0 Å². The highest BCUT2D eigenvalue weighted by atomic mass is 35.5. The molecule has 0 heterocycles. The van der Waals surface area contributed by atoms with Crippen molar-refractivity contribution in [3.05, 3.63) is 115 Å². The number of aliphatic carboxylic acids is 3. The van der Waals surface area contributed by atoms with E-state index in [4.69, 9.17) is 91.5 Å². The van der Waals surface area contributed by atoms with Gasteiger partial charge in [-0.25, -0.2) is 46.3 Å². The quantitative estimate of drug-likeness (QED) is 0.00394. The number of nitrogen functional groups attached to an aromatic ring is 1. The third-order valence-electron chi connectivity index (χ3n) is 8.68. The number of Topliss-reactive ketones (excluding diaryl/α,β-unsaturated/α-hetero) is 1. The number of nitrogens with one attached hydrogen (secondary N) is 1. The number of hydrogen-bond donors (Lipinski definition) is 7. The summed E-state index contributed by atoms with van der Waals surface area (Å²) in [4.78, 5) is 76.0. The van der Waals surface area contributed by atoms with E-state index in [1.165, 1.54) is 19.9 Å². The maximum Gasteiger partial charge on any atom is 0.451 e. The lowest BCUT2D eigenvalue weighted by Gasteiger charge is -2.09. The number of carboxylic acid groups (broad SMARTS) is 3. The number of ketones is 1. The number of carbonyl (C=O) groups is 7. The van der Waals surface area contributed by atoms with Gasteiger partial charge in [-0.2, -0.15) is 31.4 Å². The Bertz CT molecular complexity index is 3370. The molecular formula is C49H43Cl4F10N7O19. The van der Waals surface area contributed by atoms with E-state index in [0.29, 0.717) is 18.2 Å². The number of carbonyl (C=O) groups excluding carboxylic acids is 4. The Morgan fingerprint density at radius 1 is 0.528 bits per heavy atom. The van der Waals surface area contributed by atoms with E-state index in [2.05, 4.69) is 45.2 Å². The molecule has 0 fully saturated rings. The van der Waals surface area contributed by atoms with Crippen molar-refractivity contribution in [2.24, 2.45) is 25.6 Å². The molecular weight excluding hydrogens is 1320 g/mol. The van der Waals surface area contributed by atoms with E-state index in [1.807, 2.05) is 0 Å². The van der Waals surface area contributed by atoms with E-state index in [0.717, 1.165) is 30.5 Å². The van der Waals surface area contributed by atoms with Crippen LogP contribution < -0.4 is 30.1 Å². The monoisotopic (exact) mass is 1360 g/mol. The number of rotatable bonds is 24. The van der Waals surface area contributed by atoms with Crippen LogP contribution in [-0.4, -0.2) is 132 Å². The van der Waals surface area contributed by atoms with Gasteiger partial charge in [-0.3, -0.25) is 10.2 Å². The number of halogens is 14. The van der Waals surface area contributed by atoms with Crippen LogP contribution in [0.4, 0.5) is 66.7 Å². The molecule has 0 atom stereocenters. The SMILES string of the molecule is CC(=O)/C=N/Nc1cc(OCC(=O)O)c(Cl)cc1F.CCOC(=O)COc1cc(N)c(F)cc1Cl.CCOC(=O)COc1cc(N=NC(C(=O)OCC)=C(O)C(F)(F)F)c(F)cc1Cl.O=C(O)COc1cc(N=NC(C(=O)O)=C(O)C(F)(F)F)c(F)cc1Cl. The minimum absolute atomic E-state index is 0.00834. The minimum atomic E-state index is -5.42. The molecule has 40 heteroatoms. The topological polar surface area (TPSA) is 385 Å². The second-order valence-electron chi connectivity index (χ2n) is 15.4. The van der Waals surface area contributed by atoms with Crippen molar-refractivity contribution in [1.82, 2.24) is 0 Å². The van der Waals surface area contributed by atoms with Gasteiger partial charge in [-0.15, -0.1) is 20.5 Å². The first kappa shape index (κ1) is 77.6. The second kappa shape index (κ2) is 37.3. The van der Waals surface area contributed by atoms with Gasteiger partial charge in [0.1, 0.15) is 46.0 Å². The van der Waals surface area contributed by atoms with Crippen molar-refractivity contribution in [3.63, 3.8) is 0 Å². The fourth-order valence-corrected chi connectivity index (χ4v) is 5.81. The summed E-state index contributed by atoms with van der Waals surface area (Å²) in [5.41, 5.74) is 2.47. The Morgan fingerprint density at radius 3 is 1.27 bits per heavy atom. The molecule has 4 aromatic carbocycles. The number of ether oxygens (including phenoxy) is 7. The number of nitrogens with two attached hydrogens (primary N) is 1. The summed E-state index contributed by atoms with van der Waals surface area (Å²) in [6.45, 7) is 3.52. The fourth-order valence-electron chi connectivity index (χ4n) is 4.99. The molecule has 4 aromatic rings. The number of benzene rings is 4. The van der Waals surface area contributed by atoms with Crippen molar-refractivity contribution in [3.8, 4) is 23.0 Å². The zero-order chi connectivity index (χ0) is 68.1. The van der Waals surface area contributed by atoms with Crippen molar-refractivity contribution in [2.75, 3.05) is 57.4 Å². The van der Waals surface area contributed by atoms with Gasteiger partial charge in [0.2, 0.25) is 22.9 Å². The molecule has 0 unspecified atom stereocenters. The molecule has 26 nitrogen and oxygen atoms in total. The fraction of sp³-hybridized carbons (Fsp3) is 0.265. The number of nitrogens with zero attached hydrogens (tertiary/aromatic N) is 5. The summed E-state index contributed by atoms with van der Waals surface area (Å²) >= 11 is 22.7. The van der Waals surface area contributed by atoms with Crippen LogP contribution >= 0.6 is 46.4 Å². The third kappa shape index (κ3) is 28.3. The van der Waals surface area contributed by atoms with Crippen LogP contribution in [0.25, 0.3) is 0 Å². The number of hydrogen-bond acceptors (Lipinski definition) is 23. The molecule has 0 amide bonds. The molecule has 0 spiro atoms. The predicted molar refractivity (Wildman–Crippen MR) is 288 cm³/mol. The summed E-state index contributed by atoms with van der Waals surface area (Å²) in [6, 6.07) is 7.16. The van der Waals surface area contributed by atoms with Gasteiger partial charge in [0.15, 0.2) is 43.8 Å².